The summed E-state index contributed by atoms with van der Waals surface area (Å²) in [5, 5.41) is 17.1. The van der Waals surface area contributed by atoms with Crippen LogP contribution >= 0.6 is 0 Å². The first-order valence-electron chi connectivity index (χ1n) is 10.7. The second kappa shape index (κ2) is 9.20. The van der Waals surface area contributed by atoms with Crippen LogP contribution in [0.15, 0.2) is 62.6 Å². The Morgan fingerprint density at radius 2 is 1.94 bits per heavy atom. The summed E-state index contributed by atoms with van der Waals surface area (Å²) in [5.74, 6) is -3.45. The lowest BCUT2D eigenvalue weighted by atomic mass is 10.1. The Morgan fingerprint density at radius 3 is 2.69 bits per heavy atom. The zero-order valence-corrected chi connectivity index (χ0v) is 18.4. The Bertz CT molecular complexity index is 1590. The fourth-order valence-corrected chi connectivity index (χ4v) is 3.88. The van der Waals surface area contributed by atoms with Gasteiger partial charge in [0.1, 0.15) is 5.82 Å². The lowest BCUT2D eigenvalue weighted by Gasteiger charge is -2.34. The number of hydrogen-bond acceptors (Lipinski definition) is 8. The van der Waals surface area contributed by atoms with E-state index >= 15 is 0 Å². The first kappa shape index (κ1) is 23.1. The average molecular weight is 495 g/mol. The van der Waals surface area contributed by atoms with E-state index in [-0.39, 0.29) is 35.8 Å². The molecule has 184 valence electrons. The van der Waals surface area contributed by atoms with E-state index in [0.29, 0.717) is 11.2 Å². The number of aromatic amines is 2. The third-order valence-electron chi connectivity index (χ3n) is 5.63. The Morgan fingerprint density at radius 1 is 1.14 bits per heavy atom. The van der Waals surface area contributed by atoms with Crippen molar-refractivity contribution in [1.29, 1.82) is 0 Å². The first-order chi connectivity index (χ1) is 17.3. The van der Waals surface area contributed by atoms with Crippen molar-refractivity contribution in [2.75, 3.05) is 23.4 Å². The molecule has 0 aliphatic carbocycles. The number of rotatable bonds is 5. The van der Waals surface area contributed by atoms with Crippen molar-refractivity contribution >= 4 is 34.1 Å². The maximum atomic E-state index is 14.5. The summed E-state index contributed by atoms with van der Waals surface area (Å²) >= 11 is 0. The molecule has 36 heavy (non-hydrogen) atoms. The van der Waals surface area contributed by atoms with E-state index in [4.69, 9.17) is 4.74 Å². The molecule has 13 heteroatoms. The second-order valence-electron chi connectivity index (χ2n) is 7.95. The predicted molar refractivity (Wildman–Crippen MR) is 124 cm³/mol. The van der Waals surface area contributed by atoms with E-state index in [2.05, 4.69) is 25.0 Å². The molecule has 1 fully saturated rings. The fourth-order valence-electron chi connectivity index (χ4n) is 3.88. The number of halogens is 1. The van der Waals surface area contributed by atoms with Crippen LogP contribution in [-0.4, -0.2) is 57.4 Å². The van der Waals surface area contributed by atoms with Gasteiger partial charge in [-0.05, 0) is 41.8 Å². The van der Waals surface area contributed by atoms with Gasteiger partial charge in [-0.1, -0.05) is 11.2 Å². The van der Waals surface area contributed by atoms with Gasteiger partial charge in [0.2, 0.25) is 5.56 Å². The zero-order chi connectivity index (χ0) is 25.4. The highest BCUT2D eigenvalue weighted by Gasteiger charge is 2.39. The summed E-state index contributed by atoms with van der Waals surface area (Å²) in [7, 11) is 0. The van der Waals surface area contributed by atoms with Gasteiger partial charge >= 0.3 is 5.76 Å². The number of aromatic nitrogens is 3. The number of benzene rings is 2. The van der Waals surface area contributed by atoms with Crippen LogP contribution in [0.5, 0.6) is 0 Å². The largest absolute Gasteiger partial charge is 0.439 e. The minimum Gasteiger partial charge on any atom is -0.380 e. The number of hydrogen-bond donors (Lipinski definition) is 4. The molecule has 12 nitrogen and oxygen atoms in total. The van der Waals surface area contributed by atoms with Gasteiger partial charge in [-0.2, -0.15) is 0 Å². The number of nitrogens with zero attached hydrogens (tertiary/aromatic N) is 2. The molecule has 0 unspecified atom stereocenters. The number of ether oxygens (including phenoxy) is 1. The van der Waals surface area contributed by atoms with Crippen molar-refractivity contribution in [3.63, 3.8) is 0 Å². The number of aliphatic hydroxyl groups excluding tert-OH is 1. The highest BCUT2D eigenvalue weighted by atomic mass is 19.1. The van der Waals surface area contributed by atoms with Crippen molar-refractivity contribution in [2.45, 2.75) is 12.2 Å². The quantitative estimate of drug-likeness (QED) is 0.314. The van der Waals surface area contributed by atoms with Crippen molar-refractivity contribution in [2.24, 2.45) is 0 Å². The third kappa shape index (κ3) is 4.39. The highest BCUT2D eigenvalue weighted by molar-refractivity contribution is 6.04. The number of morpholine rings is 1. The van der Waals surface area contributed by atoms with Crippen LogP contribution in [0.4, 0.5) is 15.8 Å². The van der Waals surface area contributed by atoms with Gasteiger partial charge in [-0.25, -0.2) is 9.18 Å². The number of anilines is 2. The van der Waals surface area contributed by atoms with Crippen LogP contribution in [-0.2, 0) is 14.3 Å². The van der Waals surface area contributed by atoms with Crippen LogP contribution in [0.2, 0.25) is 0 Å². The standard InChI is InChI=1S/C23H18FN5O7/c24-15-9-12(3-5-14(15)20-27-23(34)36-28-20)25-21(32)18(31)19-22(33)29(7-8-35-19)13-4-1-11-2-6-17(30)26-16(11)10-13/h1-6,9-10,18-19,31H,7-8H2,(H,25,32)(H,26,30)(H,27,28,34)/t18-,19-/m1/s1. The van der Waals surface area contributed by atoms with Gasteiger partial charge < -0.3 is 25.0 Å². The molecule has 5 rings (SSSR count). The van der Waals surface area contributed by atoms with Crippen molar-refractivity contribution < 1.29 is 28.3 Å². The molecule has 1 aliphatic rings. The Kier molecular flexibility index (Phi) is 5.91. The molecule has 1 aliphatic heterocycles. The first-order valence-corrected chi connectivity index (χ1v) is 10.7. The molecule has 0 radical (unpaired) electrons. The zero-order valence-electron chi connectivity index (χ0n) is 18.4. The lowest BCUT2D eigenvalue weighted by molar-refractivity contribution is -0.150. The highest BCUT2D eigenvalue weighted by Crippen LogP contribution is 2.25. The van der Waals surface area contributed by atoms with Crippen molar-refractivity contribution in [3.8, 4) is 11.4 Å². The molecule has 4 aromatic rings. The van der Waals surface area contributed by atoms with Crippen LogP contribution in [0.3, 0.4) is 0 Å². The van der Waals surface area contributed by atoms with Crippen molar-refractivity contribution in [3.05, 3.63) is 75.3 Å². The van der Waals surface area contributed by atoms with E-state index < -0.39 is 35.6 Å². The van der Waals surface area contributed by atoms with E-state index in [9.17, 15) is 28.7 Å². The summed E-state index contributed by atoms with van der Waals surface area (Å²) in [6.45, 7) is 0.215. The van der Waals surface area contributed by atoms with Gasteiger partial charge in [-0.3, -0.25) is 23.9 Å². The Balaban J connectivity index is 1.31. The molecular formula is C23H18FN5O7. The van der Waals surface area contributed by atoms with Crippen LogP contribution in [0.25, 0.3) is 22.3 Å². The van der Waals surface area contributed by atoms with E-state index in [1.165, 1.54) is 23.1 Å². The van der Waals surface area contributed by atoms with E-state index in [0.717, 1.165) is 11.5 Å². The minimum atomic E-state index is -1.89. The van der Waals surface area contributed by atoms with Gasteiger partial charge in [0, 0.05) is 24.0 Å². The maximum Gasteiger partial charge on any atom is 0.439 e. The molecule has 2 aromatic carbocycles. The molecule has 0 saturated carbocycles. The van der Waals surface area contributed by atoms with Crippen molar-refractivity contribution in [1.82, 2.24) is 15.1 Å². The molecule has 2 aromatic heterocycles. The summed E-state index contributed by atoms with van der Waals surface area (Å²) in [6.07, 6.45) is -3.40. The number of aliphatic hydroxyl groups is 1. The Hall–Kier alpha value is -4.62. The number of fused-ring (bicyclic) bond motifs is 1. The molecule has 2 atom stereocenters. The van der Waals surface area contributed by atoms with Crippen LogP contribution < -0.4 is 21.5 Å². The monoisotopic (exact) mass is 495 g/mol. The fraction of sp³-hybridized carbons (Fsp3) is 0.174. The number of carbonyl (C=O) groups is 2. The maximum absolute atomic E-state index is 14.5. The normalized spacial score (nSPS) is 16.8. The number of carbonyl (C=O) groups excluding carboxylic acids is 2. The Labute approximate surface area is 200 Å². The summed E-state index contributed by atoms with van der Waals surface area (Å²) in [5.41, 5.74) is 0.604. The van der Waals surface area contributed by atoms with Gasteiger partial charge in [0.05, 0.1) is 17.7 Å². The molecule has 0 spiro atoms. The van der Waals surface area contributed by atoms with Crippen LogP contribution in [0.1, 0.15) is 0 Å². The molecule has 0 bridgehead atoms. The molecule has 4 N–H and O–H groups in total. The van der Waals surface area contributed by atoms with E-state index in [1.807, 2.05) is 0 Å². The summed E-state index contributed by atoms with van der Waals surface area (Å²) in [6, 6.07) is 11.6. The average Bonchev–Trinajstić information content (AvgIpc) is 3.29. The van der Waals surface area contributed by atoms with Gasteiger partial charge in [0.25, 0.3) is 11.8 Å². The number of pyridine rings is 1. The number of nitrogens with one attached hydrogen (secondary N) is 3. The molecule has 3 heterocycles. The van der Waals surface area contributed by atoms with Crippen LogP contribution in [0, 0.1) is 5.82 Å². The SMILES string of the molecule is O=C(Nc1ccc(-c2noc(=O)[nH]2)c(F)c1)[C@H](O)[C@H]1OCCN(c2ccc3ccc(=O)[nH]c3c2)C1=O. The smallest absolute Gasteiger partial charge is 0.380 e. The molecule has 1 saturated heterocycles. The summed E-state index contributed by atoms with van der Waals surface area (Å²) in [4.78, 5) is 54.7. The minimum absolute atomic E-state index is 0.00950. The molecular weight excluding hydrogens is 477 g/mol. The van der Waals surface area contributed by atoms with Gasteiger partial charge in [-0.15, -0.1) is 0 Å². The lowest BCUT2D eigenvalue weighted by Crippen LogP contribution is -2.55. The van der Waals surface area contributed by atoms with Gasteiger partial charge in [0.15, 0.2) is 18.0 Å². The predicted octanol–water partition coefficient (Wildman–Crippen LogP) is 0.742. The number of amides is 2. The molecule has 2 amide bonds. The number of H-pyrrole nitrogens is 2. The second-order valence-corrected chi connectivity index (χ2v) is 7.95. The summed E-state index contributed by atoms with van der Waals surface area (Å²) < 4.78 is 24.2. The third-order valence-corrected chi connectivity index (χ3v) is 5.63. The van der Waals surface area contributed by atoms with E-state index in [1.54, 1.807) is 24.3 Å². The topological polar surface area (TPSA) is 171 Å².